The number of alkyl halides is 6. The minimum atomic E-state index is -6.03. The molecule has 1 atom stereocenters. The van der Waals surface area contributed by atoms with Crippen LogP contribution in [0.2, 0.25) is 0 Å². The maximum atomic E-state index is 13.6. The van der Waals surface area contributed by atoms with Crippen LogP contribution in [-0.2, 0) is 22.4 Å². The van der Waals surface area contributed by atoms with Gasteiger partial charge in [-0.2, -0.15) is 26.3 Å². The third-order valence-corrected chi connectivity index (χ3v) is 7.89. The van der Waals surface area contributed by atoms with Gasteiger partial charge in [0.05, 0.1) is 6.61 Å². The molecule has 14 heteroatoms. The number of amides is 3. The Bertz CT molecular complexity index is 1440. The Kier molecular flexibility index (Phi) is 9.67. The minimum absolute atomic E-state index is 0.00580. The molecule has 0 aromatic heterocycles. The molecular formula is C31H34F6N2O6. The Balaban J connectivity index is 1.48. The molecule has 4 rings (SSSR count). The van der Waals surface area contributed by atoms with Gasteiger partial charge in [-0.1, -0.05) is 38.5 Å². The standard InChI is InChI=1S/C31H34F6N2O6/c1-4-9-19-15-22(29(42,30(32,33)34)31(35,36)37)16-20(10-5-2)25(19)43-14-8-7-13-39-26(40)28(6-3,38-27(39)41)21-11-12-23-24(17-21)45-18-44-23/h4,9,11-12,15-17,42H,5-8,10,13-14,18H2,1-3H3,(H,38,41)/b9-4-/t28-/m0/s1. The van der Waals surface area contributed by atoms with Crippen LogP contribution in [0.25, 0.3) is 6.08 Å². The number of benzene rings is 2. The van der Waals surface area contributed by atoms with Crippen LogP contribution in [0.4, 0.5) is 31.1 Å². The van der Waals surface area contributed by atoms with E-state index in [0.717, 1.165) is 4.90 Å². The average molecular weight is 645 g/mol. The summed E-state index contributed by atoms with van der Waals surface area (Å²) in [6.07, 6.45) is -7.97. The summed E-state index contributed by atoms with van der Waals surface area (Å²) in [5, 5.41) is 12.8. The molecule has 0 radical (unpaired) electrons. The average Bonchev–Trinajstić information content (AvgIpc) is 3.54. The number of carbonyl (C=O) groups excluding carboxylic acids is 2. The van der Waals surface area contributed by atoms with E-state index in [4.69, 9.17) is 14.2 Å². The third-order valence-electron chi connectivity index (χ3n) is 7.89. The number of allylic oxidation sites excluding steroid dienone is 1. The first-order valence-corrected chi connectivity index (χ1v) is 14.5. The number of ether oxygens (including phenoxy) is 3. The number of fused-ring (bicyclic) bond motifs is 1. The molecule has 246 valence electrons. The molecule has 2 aromatic rings. The first kappa shape index (κ1) is 33.9. The van der Waals surface area contributed by atoms with Crippen LogP contribution in [0.3, 0.4) is 0 Å². The highest BCUT2D eigenvalue weighted by atomic mass is 19.4. The number of rotatable bonds is 12. The van der Waals surface area contributed by atoms with Crippen LogP contribution in [0.15, 0.2) is 36.4 Å². The van der Waals surface area contributed by atoms with Crippen molar-refractivity contribution in [2.24, 2.45) is 0 Å². The maximum absolute atomic E-state index is 13.6. The lowest BCUT2D eigenvalue weighted by Crippen LogP contribution is -2.54. The normalized spacial score (nSPS) is 18.7. The van der Waals surface area contributed by atoms with E-state index in [-0.39, 0.29) is 49.7 Å². The lowest BCUT2D eigenvalue weighted by atomic mass is 9.87. The molecule has 8 nitrogen and oxygen atoms in total. The van der Waals surface area contributed by atoms with Crippen molar-refractivity contribution in [1.29, 1.82) is 0 Å². The Labute approximate surface area is 255 Å². The van der Waals surface area contributed by atoms with Crippen molar-refractivity contribution in [2.45, 2.75) is 76.4 Å². The second-order valence-electron chi connectivity index (χ2n) is 10.8. The van der Waals surface area contributed by atoms with Crippen LogP contribution in [-0.4, -0.2) is 54.2 Å². The molecule has 2 N–H and O–H groups in total. The zero-order chi connectivity index (χ0) is 33.2. The lowest BCUT2D eigenvalue weighted by molar-refractivity contribution is -0.376. The van der Waals surface area contributed by atoms with Gasteiger partial charge in [0, 0.05) is 17.7 Å². The fraction of sp³-hybridized carbons (Fsp3) is 0.484. The quantitative estimate of drug-likeness (QED) is 0.151. The van der Waals surface area contributed by atoms with Gasteiger partial charge in [0.25, 0.3) is 11.5 Å². The summed E-state index contributed by atoms with van der Waals surface area (Å²) in [5.74, 6) is 0.651. The summed E-state index contributed by atoms with van der Waals surface area (Å²) in [7, 11) is 0. The molecule has 0 spiro atoms. The number of carbonyl (C=O) groups is 2. The zero-order valence-electron chi connectivity index (χ0n) is 24.9. The molecule has 0 bridgehead atoms. The molecule has 1 fully saturated rings. The lowest BCUT2D eigenvalue weighted by Gasteiger charge is -2.33. The van der Waals surface area contributed by atoms with Crippen LogP contribution < -0.4 is 19.5 Å². The number of imide groups is 1. The highest BCUT2D eigenvalue weighted by molar-refractivity contribution is 6.07. The highest BCUT2D eigenvalue weighted by Crippen LogP contribution is 2.51. The van der Waals surface area contributed by atoms with E-state index in [9.17, 15) is 41.0 Å². The molecule has 2 aliphatic rings. The van der Waals surface area contributed by atoms with E-state index in [1.807, 2.05) is 0 Å². The van der Waals surface area contributed by atoms with E-state index in [0.29, 0.717) is 48.5 Å². The van der Waals surface area contributed by atoms with Crippen LogP contribution in [0.1, 0.15) is 68.7 Å². The number of urea groups is 1. The maximum Gasteiger partial charge on any atom is 0.430 e. The van der Waals surface area contributed by atoms with E-state index >= 15 is 0 Å². The van der Waals surface area contributed by atoms with Gasteiger partial charge in [0.15, 0.2) is 11.5 Å². The van der Waals surface area contributed by atoms with Gasteiger partial charge in [-0.05, 0) is 68.0 Å². The monoisotopic (exact) mass is 644 g/mol. The van der Waals surface area contributed by atoms with Gasteiger partial charge in [-0.25, -0.2) is 4.79 Å². The molecule has 0 unspecified atom stereocenters. The third kappa shape index (κ3) is 6.16. The first-order chi connectivity index (χ1) is 21.1. The van der Waals surface area contributed by atoms with Crippen molar-refractivity contribution in [2.75, 3.05) is 19.9 Å². The van der Waals surface area contributed by atoms with Crippen molar-refractivity contribution in [1.82, 2.24) is 10.2 Å². The van der Waals surface area contributed by atoms with Crippen molar-refractivity contribution in [3.05, 3.63) is 58.7 Å². The van der Waals surface area contributed by atoms with Crippen molar-refractivity contribution < 1.29 is 55.2 Å². The largest absolute Gasteiger partial charge is 0.493 e. The Morgan fingerprint density at radius 3 is 2.33 bits per heavy atom. The molecule has 45 heavy (non-hydrogen) atoms. The molecule has 2 aromatic carbocycles. The first-order valence-electron chi connectivity index (χ1n) is 14.5. The molecular weight excluding hydrogens is 610 g/mol. The SMILES string of the molecule is C/C=C\c1cc(C(O)(C(F)(F)F)C(F)(F)F)cc(CCC)c1OCCCCN1C(=O)N[C@@](CC)(c2ccc3c(c2)OCO3)C1=O. The number of aliphatic hydroxyl groups is 1. The van der Waals surface area contributed by atoms with Crippen LogP contribution in [0.5, 0.6) is 17.2 Å². The number of aryl methyl sites for hydroxylation is 1. The number of nitrogens with one attached hydrogen (secondary N) is 1. The van der Waals surface area contributed by atoms with Crippen molar-refractivity contribution in [3.8, 4) is 17.2 Å². The summed E-state index contributed by atoms with van der Waals surface area (Å²) in [6, 6.07) is 5.76. The summed E-state index contributed by atoms with van der Waals surface area (Å²) in [6.45, 7) is 5.10. The number of hydrogen-bond acceptors (Lipinski definition) is 6. The van der Waals surface area contributed by atoms with Crippen molar-refractivity contribution >= 4 is 18.0 Å². The van der Waals surface area contributed by atoms with Gasteiger partial charge in [0.2, 0.25) is 6.79 Å². The zero-order valence-corrected chi connectivity index (χ0v) is 24.9. The van der Waals surface area contributed by atoms with Gasteiger partial charge in [-0.15, -0.1) is 0 Å². The van der Waals surface area contributed by atoms with E-state index in [1.165, 1.54) is 19.1 Å². The molecule has 2 heterocycles. The molecule has 2 aliphatic heterocycles. The molecule has 0 aliphatic carbocycles. The fourth-order valence-corrected chi connectivity index (χ4v) is 5.52. The second-order valence-corrected chi connectivity index (χ2v) is 10.8. The Morgan fingerprint density at radius 2 is 1.71 bits per heavy atom. The number of hydrogen-bond donors (Lipinski definition) is 2. The van der Waals surface area contributed by atoms with Crippen LogP contribution >= 0.6 is 0 Å². The fourth-order valence-electron chi connectivity index (χ4n) is 5.52. The van der Waals surface area contributed by atoms with E-state index < -0.39 is 41.0 Å². The van der Waals surface area contributed by atoms with Gasteiger partial charge in [-0.3, -0.25) is 9.69 Å². The number of nitrogens with zero attached hydrogens (tertiary/aromatic N) is 1. The van der Waals surface area contributed by atoms with Gasteiger partial charge < -0.3 is 24.6 Å². The van der Waals surface area contributed by atoms with Gasteiger partial charge in [0.1, 0.15) is 11.3 Å². The Hall–Kier alpha value is -3.94. The summed E-state index contributed by atoms with van der Waals surface area (Å²) in [5.41, 5.74) is -7.16. The predicted molar refractivity (Wildman–Crippen MR) is 151 cm³/mol. The number of unbranched alkanes of at least 4 members (excludes halogenated alkanes) is 1. The predicted octanol–water partition coefficient (Wildman–Crippen LogP) is 6.73. The smallest absolute Gasteiger partial charge is 0.430 e. The van der Waals surface area contributed by atoms with Gasteiger partial charge >= 0.3 is 18.4 Å². The summed E-state index contributed by atoms with van der Waals surface area (Å²) in [4.78, 5) is 27.5. The van der Waals surface area contributed by atoms with E-state index in [2.05, 4.69) is 5.32 Å². The highest BCUT2D eigenvalue weighted by Gasteiger charge is 2.71. The van der Waals surface area contributed by atoms with Crippen LogP contribution in [0, 0.1) is 0 Å². The molecule has 0 saturated carbocycles. The van der Waals surface area contributed by atoms with E-state index in [1.54, 1.807) is 32.0 Å². The summed E-state index contributed by atoms with van der Waals surface area (Å²) < 4.78 is 98.4. The number of halogens is 6. The topological polar surface area (TPSA) is 97.3 Å². The minimum Gasteiger partial charge on any atom is -0.493 e. The summed E-state index contributed by atoms with van der Waals surface area (Å²) >= 11 is 0. The second kappa shape index (κ2) is 12.8. The Morgan fingerprint density at radius 1 is 1.02 bits per heavy atom. The van der Waals surface area contributed by atoms with Crippen molar-refractivity contribution in [3.63, 3.8) is 0 Å². The molecule has 3 amide bonds. The molecule has 1 saturated heterocycles.